The highest BCUT2D eigenvalue weighted by Gasteiger charge is 2.12. The van der Waals surface area contributed by atoms with Gasteiger partial charge in [-0.1, -0.05) is 24.3 Å². The second-order valence-electron chi connectivity index (χ2n) is 3.86. The summed E-state index contributed by atoms with van der Waals surface area (Å²) in [5.74, 6) is 0.740. The summed E-state index contributed by atoms with van der Waals surface area (Å²) >= 11 is 1.41. The standard InChI is InChI=1S/C14H11NO2S/c1-17-12-9-5-8-11-13(12)18-15(14(11)16)10-6-3-2-4-7-10/h2-9H,1H3. The van der Waals surface area contributed by atoms with Gasteiger partial charge in [-0.3, -0.25) is 4.79 Å². The normalized spacial score (nSPS) is 10.7. The van der Waals surface area contributed by atoms with Gasteiger partial charge in [-0.2, -0.15) is 0 Å². The number of hydrogen-bond acceptors (Lipinski definition) is 3. The lowest BCUT2D eigenvalue weighted by Crippen LogP contribution is -2.10. The zero-order valence-corrected chi connectivity index (χ0v) is 10.6. The lowest BCUT2D eigenvalue weighted by atomic mass is 10.2. The van der Waals surface area contributed by atoms with Gasteiger partial charge in [0.05, 0.1) is 22.9 Å². The summed E-state index contributed by atoms with van der Waals surface area (Å²) in [6, 6.07) is 15.1. The number of rotatable bonds is 2. The fourth-order valence-corrected chi connectivity index (χ4v) is 3.00. The van der Waals surface area contributed by atoms with Gasteiger partial charge >= 0.3 is 0 Å². The van der Waals surface area contributed by atoms with E-state index in [1.807, 2.05) is 48.5 Å². The van der Waals surface area contributed by atoms with Gasteiger partial charge in [-0.25, -0.2) is 3.96 Å². The second-order valence-corrected chi connectivity index (χ2v) is 4.82. The van der Waals surface area contributed by atoms with Crippen molar-refractivity contribution in [1.82, 2.24) is 3.96 Å². The summed E-state index contributed by atoms with van der Waals surface area (Å²) in [5, 5.41) is 0.697. The largest absolute Gasteiger partial charge is 0.495 e. The van der Waals surface area contributed by atoms with Crippen LogP contribution >= 0.6 is 11.5 Å². The molecule has 1 heterocycles. The quantitative estimate of drug-likeness (QED) is 0.706. The van der Waals surface area contributed by atoms with E-state index in [1.54, 1.807) is 11.1 Å². The molecule has 18 heavy (non-hydrogen) atoms. The van der Waals surface area contributed by atoms with E-state index in [2.05, 4.69) is 0 Å². The number of methoxy groups -OCH3 is 1. The van der Waals surface area contributed by atoms with Gasteiger partial charge in [0.25, 0.3) is 5.56 Å². The van der Waals surface area contributed by atoms with E-state index in [4.69, 9.17) is 4.74 Å². The minimum atomic E-state index is 0.0000926. The molecule has 3 nitrogen and oxygen atoms in total. The van der Waals surface area contributed by atoms with Crippen molar-refractivity contribution in [2.45, 2.75) is 0 Å². The van der Waals surface area contributed by atoms with E-state index >= 15 is 0 Å². The van der Waals surface area contributed by atoms with Gasteiger partial charge < -0.3 is 4.74 Å². The lowest BCUT2D eigenvalue weighted by molar-refractivity contribution is 0.420. The molecule has 0 saturated carbocycles. The summed E-state index contributed by atoms with van der Waals surface area (Å²) in [6.07, 6.45) is 0. The van der Waals surface area contributed by atoms with Crippen LogP contribution in [-0.4, -0.2) is 11.1 Å². The van der Waals surface area contributed by atoms with Crippen molar-refractivity contribution in [1.29, 1.82) is 0 Å². The Labute approximate surface area is 108 Å². The Bertz CT molecular complexity index is 743. The SMILES string of the molecule is COc1cccc2c(=O)n(-c3ccccc3)sc12. The number of aromatic nitrogens is 1. The van der Waals surface area contributed by atoms with Gasteiger partial charge in [0, 0.05) is 0 Å². The van der Waals surface area contributed by atoms with Crippen molar-refractivity contribution in [2.24, 2.45) is 0 Å². The van der Waals surface area contributed by atoms with Crippen LogP contribution in [0.25, 0.3) is 15.8 Å². The fraction of sp³-hybridized carbons (Fsp3) is 0.0714. The number of nitrogens with zero attached hydrogens (tertiary/aromatic N) is 1. The molecule has 90 valence electrons. The molecule has 0 aliphatic heterocycles. The van der Waals surface area contributed by atoms with E-state index in [0.717, 1.165) is 16.1 Å². The van der Waals surface area contributed by atoms with Gasteiger partial charge in [-0.05, 0) is 35.8 Å². The van der Waals surface area contributed by atoms with Crippen LogP contribution in [0, 0.1) is 0 Å². The molecule has 0 saturated heterocycles. The van der Waals surface area contributed by atoms with E-state index in [9.17, 15) is 4.79 Å². The third kappa shape index (κ3) is 1.62. The molecule has 0 spiro atoms. The molecular weight excluding hydrogens is 246 g/mol. The van der Waals surface area contributed by atoms with Crippen LogP contribution in [-0.2, 0) is 0 Å². The number of fused-ring (bicyclic) bond motifs is 1. The minimum Gasteiger partial charge on any atom is -0.495 e. The van der Waals surface area contributed by atoms with E-state index in [0.29, 0.717) is 5.39 Å². The van der Waals surface area contributed by atoms with Crippen LogP contribution in [0.2, 0.25) is 0 Å². The van der Waals surface area contributed by atoms with Gasteiger partial charge in [-0.15, -0.1) is 0 Å². The number of benzene rings is 2. The molecule has 0 bridgehead atoms. The van der Waals surface area contributed by atoms with Gasteiger partial charge in [0.1, 0.15) is 5.75 Å². The topological polar surface area (TPSA) is 31.2 Å². The summed E-state index contributed by atoms with van der Waals surface area (Å²) in [5.41, 5.74) is 0.880. The fourth-order valence-electron chi connectivity index (χ4n) is 1.91. The molecule has 0 aliphatic rings. The average molecular weight is 257 g/mol. The van der Waals surface area contributed by atoms with Gasteiger partial charge in [0.2, 0.25) is 0 Å². The highest BCUT2D eigenvalue weighted by atomic mass is 32.1. The molecule has 0 radical (unpaired) electrons. The van der Waals surface area contributed by atoms with Crippen LogP contribution in [0.3, 0.4) is 0 Å². The minimum absolute atomic E-state index is 0.0000926. The molecule has 0 aliphatic carbocycles. The molecule has 4 heteroatoms. The van der Waals surface area contributed by atoms with Crippen molar-refractivity contribution < 1.29 is 4.74 Å². The maximum atomic E-state index is 12.3. The maximum absolute atomic E-state index is 12.3. The molecule has 0 atom stereocenters. The number of hydrogen-bond donors (Lipinski definition) is 0. The van der Waals surface area contributed by atoms with Crippen molar-refractivity contribution in [2.75, 3.05) is 7.11 Å². The van der Waals surface area contributed by atoms with Crippen LogP contribution in [0.1, 0.15) is 0 Å². The average Bonchev–Trinajstić information content (AvgIpc) is 2.77. The molecule has 0 amide bonds. The third-order valence-electron chi connectivity index (χ3n) is 2.79. The van der Waals surface area contributed by atoms with E-state index < -0.39 is 0 Å². The summed E-state index contributed by atoms with van der Waals surface area (Å²) in [6.45, 7) is 0. The zero-order valence-electron chi connectivity index (χ0n) is 9.79. The first-order valence-corrected chi connectivity index (χ1v) is 6.33. The highest BCUT2D eigenvalue weighted by molar-refractivity contribution is 7.14. The zero-order chi connectivity index (χ0) is 12.5. The lowest BCUT2D eigenvalue weighted by Gasteiger charge is -1.99. The van der Waals surface area contributed by atoms with E-state index in [-0.39, 0.29) is 5.56 Å². The van der Waals surface area contributed by atoms with Crippen molar-refractivity contribution in [3.63, 3.8) is 0 Å². The second kappa shape index (κ2) is 4.31. The molecule has 3 rings (SSSR count). The van der Waals surface area contributed by atoms with Crippen LogP contribution in [0.4, 0.5) is 0 Å². The Hall–Kier alpha value is -2.07. The molecule has 0 fully saturated rings. The van der Waals surface area contributed by atoms with Crippen LogP contribution < -0.4 is 10.3 Å². The predicted octanol–water partition coefficient (Wildman–Crippen LogP) is 3.06. The monoisotopic (exact) mass is 257 g/mol. The van der Waals surface area contributed by atoms with Gasteiger partial charge in [0.15, 0.2) is 0 Å². The number of ether oxygens (including phenoxy) is 1. The predicted molar refractivity (Wildman–Crippen MR) is 74.0 cm³/mol. The van der Waals surface area contributed by atoms with Crippen molar-refractivity contribution in [3.05, 3.63) is 58.9 Å². The Morgan fingerprint density at radius 1 is 1.06 bits per heavy atom. The van der Waals surface area contributed by atoms with Crippen molar-refractivity contribution >= 4 is 21.6 Å². The molecule has 3 aromatic rings. The smallest absolute Gasteiger partial charge is 0.273 e. The molecular formula is C14H11NO2S. The first-order chi connectivity index (χ1) is 8.81. The Morgan fingerprint density at radius 2 is 1.83 bits per heavy atom. The third-order valence-corrected chi connectivity index (χ3v) is 3.95. The highest BCUT2D eigenvalue weighted by Crippen LogP contribution is 2.28. The molecule has 0 N–H and O–H groups in total. The first kappa shape index (κ1) is 11.0. The summed E-state index contributed by atoms with van der Waals surface area (Å²) in [4.78, 5) is 12.3. The Morgan fingerprint density at radius 3 is 2.56 bits per heavy atom. The van der Waals surface area contributed by atoms with Crippen LogP contribution in [0.15, 0.2) is 53.3 Å². The Kier molecular flexibility index (Phi) is 2.64. The van der Waals surface area contributed by atoms with Crippen molar-refractivity contribution in [3.8, 4) is 11.4 Å². The maximum Gasteiger partial charge on any atom is 0.273 e. The molecule has 2 aromatic carbocycles. The summed E-state index contributed by atoms with van der Waals surface area (Å²) < 4.78 is 7.86. The van der Waals surface area contributed by atoms with Crippen LogP contribution in [0.5, 0.6) is 5.75 Å². The van der Waals surface area contributed by atoms with E-state index in [1.165, 1.54) is 11.5 Å². The molecule has 0 unspecified atom stereocenters. The number of para-hydroxylation sites is 1. The Balaban J connectivity index is 2.33. The first-order valence-electron chi connectivity index (χ1n) is 5.56. The summed E-state index contributed by atoms with van der Waals surface area (Å²) in [7, 11) is 1.62. The molecule has 1 aromatic heterocycles.